The Balaban J connectivity index is 1.99. The average molecular weight is 355 g/mol. The standard InChI is InChI=1S/C17H13N3O2S2/c1-2-14-12(8-18)7-13(15(24-14)17(21)22)10-3-5-11(6-4-10)16-19-9-23-20-16/h3-6,9H,2,7H2,1H3,(H,21,22). The molecule has 1 N–H and O–H groups in total. The van der Waals surface area contributed by atoms with Crippen LogP contribution in [0.1, 0.15) is 25.3 Å². The van der Waals surface area contributed by atoms with E-state index in [4.69, 9.17) is 0 Å². The van der Waals surface area contributed by atoms with E-state index in [9.17, 15) is 15.2 Å². The van der Waals surface area contributed by atoms with Crippen LogP contribution < -0.4 is 0 Å². The molecule has 2 heterocycles. The Morgan fingerprint density at radius 2 is 2.04 bits per heavy atom. The smallest absolute Gasteiger partial charge is 0.342 e. The molecular formula is C17H13N3O2S2. The highest BCUT2D eigenvalue weighted by Gasteiger charge is 2.25. The Hall–Kier alpha value is -2.43. The Morgan fingerprint density at radius 1 is 1.33 bits per heavy atom. The number of nitrogens with zero attached hydrogens (tertiary/aromatic N) is 3. The van der Waals surface area contributed by atoms with E-state index in [0.717, 1.165) is 16.0 Å². The number of carboxylic acid groups (broad SMARTS) is 1. The first kappa shape index (κ1) is 16.4. The van der Waals surface area contributed by atoms with Crippen LogP contribution in [-0.2, 0) is 4.79 Å². The minimum absolute atomic E-state index is 0.297. The molecule has 0 spiro atoms. The number of hydrogen-bond donors (Lipinski definition) is 1. The second-order valence-corrected chi connectivity index (χ2v) is 6.80. The van der Waals surface area contributed by atoms with Crippen molar-refractivity contribution in [3.63, 3.8) is 0 Å². The Bertz CT molecular complexity index is 876. The highest BCUT2D eigenvalue weighted by molar-refractivity contribution is 8.07. The molecule has 0 amide bonds. The minimum Gasteiger partial charge on any atom is -0.477 e. The second kappa shape index (κ2) is 6.99. The summed E-state index contributed by atoms with van der Waals surface area (Å²) in [6.07, 6.45) is 1.01. The van der Waals surface area contributed by atoms with E-state index in [1.807, 2.05) is 31.2 Å². The van der Waals surface area contributed by atoms with E-state index in [2.05, 4.69) is 15.4 Å². The summed E-state index contributed by atoms with van der Waals surface area (Å²) in [7, 11) is 0. The fourth-order valence-corrected chi connectivity index (χ4v) is 3.99. The van der Waals surface area contributed by atoms with Gasteiger partial charge >= 0.3 is 5.97 Å². The molecule has 1 aliphatic heterocycles. The molecule has 0 saturated heterocycles. The molecule has 7 heteroatoms. The SMILES string of the molecule is CCC1=C(C#N)CC(c2ccc(-c3ncsn3)cc2)=C(C(=O)O)S1. The molecule has 0 aliphatic carbocycles. The summed E-state index contributed by atoms with van der Waals surface area (Å²) in [5.41, 5.74) is 4.68. The van der Waals surface area contributed by atoms with E-state index in [-0.39, 0.29) is 0 Å². The number of aliphatic carboxylic acids is 1. The number of allylic oxidation sites excluding steroid dienone is 3. The third kappa shape index (κ3) is 3.11. The number of hydrogen-bond acceptors (Lipinski definition) is 6. The van der Waals surface area contributed by atoms with Gasteiger partial charge in [-0.2, -0.15) is 9.64 Å². The van der Waals surface area contributed by atoms with E-state index in [1.54, 1.807) is 5.51 Å². The lowest BCUT2D eigenvalue weighted by molar-refractivity contribution is -0.131. The fraction of sp³-hybridized carbons (Fsp3) is 0.176. The van der Waals surface area contributed by atoms with Crippen LogP contribution in [0.15, 0.2) is 45.2 Å². The van der Waals surface area contributed by atoms with Gasteiger partial charge < -0.3 is 5.11 Å². The highest BCUT2D eigenvalue weighted by atomic mass is 32.2. The summed E-state index contributed by atoms with van der Waals surface area (Å²) in [6, 6.07) is 9.68. The van der Waals surface area contributed by atoms with E-state index in [1.165, 1.54) is 23.3 Å². The normalized spacial score (nSPS) is 14.7. The van der Waals surface area contributed by atoms with Gasteiger partial charge in [0.1, 0.15) is 10.4 Å². The predicted octanol–water partition coefficient (Wildman–Crippen LogP) is 4.33. The quantitative estimate of drug-likeness (QED) is 0.878. The first-order chi connectivity index (χ1) is 11.6. The van der Waals surface area contributed by atoms with Gasteiger partial charge in [-0.1, -0.05) is 43.0 Å². The molecule has 3 rings (SSSR count). The van der Waals surface area contributed by atoms with Crippen LogP contribution in [0.3, 0.4) is 0 Å². The van der Waals surface area contributed by atoms with Crippen molar-refractivity contribution in [2.24, 2.45) is 0 Å². The summed E-state index contributed by atoms with van der Waals surface area (Å²) in [5, 5.41) is 18.9. The van der Waals surface area contributed by atoms with Crippen molar-refractivity contribution in [2.75, 3.05) is 0 Å². The summed E-state index contributed by atoms with van der Waals surface area (Å²) in [6.45, 7) is 1.93. The third-order valence-corrected chi connectivity index (χ3v) is 5.58. The summed E-state index contributed by atoms with van der Waals surface area (Å²) >= 11 is 2.47. The molecule has 120 valence electrons. The van der Waals surface area contributed by atoms with Gasteiger partial charge in [0.25, 0.3) is 0 Å². The number of thioether (sulfide) groups is 1. The predicted molar refractivity (Wildman–Crippen MR) is 95.0 cm³/mol. The van der Waals surface area contributed by atoms with Gasteiger partial charge in [0.05, 0.1) is 6.07 Å². The molecule has 5 nitrogen and oxygen atoms in total. The van der Waals surface area contributed by atoms with E-state index < -0.39 is 5.97 Å². The van der Waals surface area contributed by atoms with Crippen LogP contribution in [0, 0.1) is 11.3 Å². The lowest BCUT2D eigenvalue weighted by Gasteiger charge is -2.20. The van der Waals surface area contributed by atoms with Gasteiger partial charge in [0, 0.05) is 22.5 Å². The van der Waals surface area contributed by atoms with Crippen molar-refractivity contribution in [1.82, 2.24) is 9.36 Å². The number of carboxylic acids is 1. The van der Waals surface area contributed by atoms with Gasteiger partial charge in [-0.15, -0.1) is 0 Å². The first-order valence-electron chi connectivity index (χ1n) is 7.27. The number of carbonyl (C=O) groups is 1. The molecule has 1 aromatic heterocycles. The molecule has 1 aliphatic rings. The zero-order valence-electron chi connectivity index (χ0n) is 12.8. The largest absolute Gasteiger partial charge is 0.477 e. The van der Waals surface area contributed by atoms with Crippen molar-refractivity contribution in [2.45, 2.75) is 19.8 Å². The minimum atomic E-state index is -0.955. The molecule has 0 radical (unpaired) electrons. The van der Waals surface area contributed by atoms with Crippen LogP contribution in [0.5, 0.6) is 0 Å². The summed E-state index contributed by atoms with van der Waals surface area (Å²) < 4.78 is 4.19. The fourth-order valence-electron chi connectivity index (χ4n) is 2.51. The molecule has 1 aromatic carbocycles. The summed E-state index contributed by atoms with van der Waals surface area (Å²) in [5.74, 6) is -0.300. The highest BCUT2D eigenvalue weighted by Crippen LogP contribution is 2.44. The van der Waals surface area contributed by atoms with Crippen molar-refractivity contribution in [3.05, 3.63) is 50.7 Å². The second-order valence-electron chi connectivity index (χ2n) is 5.09. The zero-order chi connectivity index (χ0) is 17.1. The van der Waals surface area contributed by atoms with Gasteiger partial charge in [0.2, 0.25) is 0 Å². The van der Waals surface area contributed by atoms with Gasteiger partial charge in [-0.05, 0) is 29.1 Å². The molecule has 2 aromatic rings. The molecule has 24 heavy (non-hydrogen) atoms. The summed E-state index contributed by atoms with van der Waals surface area (Å²) in [4.78, 5) is 16.9. The zero-order valence-corrected chi connectivity index (χ0v) is 14.4. The van der Waals surface area contributed by atoms with Gasteiger partial charge in [-0.3, -0.25) is 0 Å². The monoisotopic (exact) mass is 355 g/mol. The molecular weight excluding hydrogens is 342 g/mol. The van der Waals surface area contributed by atoms with Crippen LogP contribution in [-0.4, -0.2) is 20.4 Å². The lowest BCUT2D eigenvalue weighted by atomic mass is 9.96. The van der Waals surface area contributed by atoms with Gasteiger partial charge in [-0.25, -0.2) is 9.78 Å². The lowest BCUT2D eigenvalue weighted by Crippen LogP contribution is -2.07. The third-order valence-electron chi connectivity index (χ3n) is 3.69. The maximum Gasteiger partial charge on any atom is 0.342 e. The number of aromatic nitrogens is 2. The van der Waals surface area contributed by atoms with Crippen LogP contribution in [0.2, 0.25) is 0 Å². The van der Waals surface area contributed by atoms with Crippen LogP contribution in [0.4, 0.5) is 0 Å². The van der Waals surface area contributed by atoms with Crippen molar-refractivity contribution >= 4 is 34.8 Å². The Kier molecular flexibility index (Phi) is 4.79. The van der Waals surface area contributed by atoms with Crippen molar-refractivity contribution in [1.29, 1.82) is 5.26 Å². The van der Waals surface area contributed by atoms with Crippen LogP contribution in [0.25, 0.3) is 17.0 Å². The average Bonchev–Trinajstić information content (AvgIpc) is 3.15. The van der Waals surface area contributed by atoms with E-state index >= 15 is 0 Å². The topological polar surface area (TPSA) is 86.9 Å². The Morgan fingerprint density at radius 3 is 2.58 bits per heavy atom. The van der Waals surface area contributed by atoms with Gasteiger partial charge in [0.15, 0.2) is 5.82 Å². The number of rotatable bonds is 4. The molecule has 0 bridgehead atoms. The molecule has 0 atom stereocenters. The van der Waals surface area contributed by atoms with Crippen molar-refractivity contribution < 1.29 is 9.90 Å². The maximum absolute atomic E-state index is 11.6. The maximum atomic E-state index is 11.6. The number of nitriles is 1. The first-order valence-corrected chi connectivity index (χ1v) is 8.93. The Labute approximate surface area is 147 Å². The van der Waals surface area contributed by atoms with Crippen LogP contribution >= 0.6 is 23.3 Å². The van der Waals surface area contributed by atoms with E-state index in [0.29, 0.717) is 34.7 Å². The number of benzene rings is 1. The molecule has 0 fully saturated rings. The molecule has 0 saturated carbocycles. The van der Waals surface area contributed by atoms with Crippen molar-refractivity contribution in [3.8, 4) is 17.5 Å². The molecule has 0 unspecified atom stereocenters.